The van der Waals surface area contributed by atoms with E-state index in [-0.39, 0.29) is 16.9 Å². The Labute approximate surface area is 128 Å². The number of rotatable bonds is 4. The Hall–Kier alpha value is 0.1000. The maximum atomic E-state index is 14.0. The summed E-state index contributed by atoms with van der Waals surface area (Å²) in [7, 11) is 1.96. The van der Waals surface area contributed by atoms with E-state index < -0.39 is 0 Å². The molecule has 0 spiro atoms. The van der Waals surface area contributed by atoms with Crippen LogP contribution in [0.2, 0.25) is 5.02 Å². The molecule has 106 valence electrons. The van der Waals surface area contributed by atoms with Crippen LogP contribution in [0.5, 0.6) is 0 Å². The number of hydrogen-bond donors (Lipinski definition) is 1. The predicted octanol–water partition coefficient (Wildman–Crippen LogP) is 3.85. The van der Waals surface area contributed by atoms with Crippen molar-refractivity contribution in [1.29, 1.82) is 0 Å². The number of thioether (sulfide) groups is 2. The van der Waals surface area contributed by atoms with E-state index in [1.807, 2.05) is 42.7 Å². The fourth-order valence-electron chi connectivity index (χ4n) is 2.42. The highest BCUT2D eigenvalue weighted by Gasteiger charge is 2.30. The summed E-state index contributed by atoms with van der Waals surface area (Å²) in [5.41, 5.74) is 0.704. The van der Waals surface area contributed by atoms with Crippen molar-refractivity contribution in [3.8, 4) is 0 Å². The summed E-state index contributed by atoms with van der Waals surface area (Å²) < 4.78 is 14.0. The molecule has 0 saturated carbocycles. The van der Waals surface area contributed by atoms with Gasteiger partial charge in [-0.1, -0.05) is 30.7 Å². The maximum Gasteiger partial charge on any atom is 0.145 e. The summed E-state index contributed by atoms with van der Waals surface area (Å²) in [6.45, 7) is 2.26. The number of hydrogen-bond acceptors (Lipinski definition) is 3. The zero-order valence-corrected chi connectivity index (χ0v) is 13.5. The maximum absolute atomic E-state index is 14.0. The van der Waals surface area contributed by atoms with Crippen molar-refractivity contribution in [2.24, 2.45) is 0 Å². The molecule has 0 bridgehead atoms. The van der Waals surface area contributed by atoms with Crippen LogP contribution in [0.3, 0.4) is 0 Å². The first-order chi connectivity index (χ1) is 9.13. The summed E-state index contributed by atoms with van der Waals surface area (Å²) in [5, 5.41) is 4.68. The molecule has 19 heavy (non-hydrogen) atoms. The number of nitrogens with one attached hydrogen (secondary N) is 1. The van der Waals surface area contributed by atoms with E-state index in [1.165, 1.54) is 11.5 Å². The molecule has 0 aromatic heterocycles. The van der Waals surface area contributed by atoms with Crippen LogP contribution in [-0.4, -0.2) is 35.1 Å². The molecule has 3 atom stereocenters. The highest BCUT2D eigenvalue weighted by atomic mass is 35.5. The summed E-state index contributed by atoms with van der Waals surface area (Å²) in [5.74, 6) is 2.12. The second-order valence-electron chi connectivity index (χ2n) is 4.72. The SMILES string of the molecule is CNC(Cc1cccc(Cl)c1F)C1SCCSC1C. The molecule has 1 aromatic rings. The first-order valence-corrected chi connectivity index (χ1v) is 8.94. The van der Waals surface area contributed by atoms with Crippen molar-refractivity contribution >= 4 is 35.1 Å². The highest BCUT2D eigenvalue weighted by Crippen LogP contribution is 2.34. The van der Waals surface area contributed by atoms with Gasteiger partial charge in [-0.25, -0.2) is 4.39 Å². The van der Waals surface area contributed by atoms with Crippen LogP contribution in [0, 0.1) is 5.82 Å². The van der Waals surface area contributed by atoms with Gasteiger partial charge in [-0.2, -0.15) is 23.5 Å². The normalized spacial score (nSPS) is 25.3. The number of benzene rings is 1. The van der Waals surface area contributed by atoms with E-state index in [0.29, 0.717) is 22.5 Å². The van der Waals surface area contributed by atoms with Crippen molar-refractivity contribution in [2.45, 2.75) is 29.9 Å². The molecule has 1 saturated heterocycles. The van der Waals surface area contributed by atoms with Gasteiger partial charge in [0, 0.05) is 28.0 Å². The van der Waals surface area contributed by atoms with Crippen molar-refractivity contribution < 1.29 is 4.39 Å². The Balaban J connectivity index is 2.12. The lowest BCUT2D eigenvalue weighted by molar-refractivity contribution is 0.513. The van der Waals surface area contributed by atoms with Crippen LogP contribution >= 0.6 is 35.1 Å². The molecule has 1 heterocycles. The third-order valence-corrected chi connectivity index (χ3v) is 7.02. The molecule has 0 radical (unpaired) electrons. The molecular weight excluding hydrogens is 301 g/mol. The second-order valence-corrected chi connectivity index (χ2v) is 7.90. The molecular formula is C14H19ClFNS2. The van der Waals surface area contributed by atoms with Gasteiger partial charge in [-0.05, 0) is 25.1 Å². The standard InChI is InChI=1S/C14H19ClFNS2/c1-9-14(19-7-6-18-9)12(17-2)8-10-4-3-5-11(15)13(10)16/h3-5,9,12,14,17H,6-8H2,1-2H3. The van der Waals surface area contributed by atoms with Crippen molar-refractivity contribution in [3.63, 3.8) is 0 Å². The van der Waals surface area contributed by atoms with E-state index in [1.54, 1.807) is 6.07 Å². The number of halogens is 2. The van der Waals surface area contributed by atoms with Gasteiger partial charge in [-0.15, -0.1) is 0 Å². The molecule has 1 aromatic carbocycles. The minimum Gasteiger partial charge on any atom is -0.316 e. The van der Waals surface area contributed by atoms with Crippen molar-refractivity contribution in [1.82, 2.24) is 5.32 Å². The van der Waals surface area contributed by atoms with E-state index in [0.717, 1.165) is 0 Å². The molecule has 1 nitrogen and oxygen atoms in total. The molecule has 2 rings (SSSR count). The Morgan fingerprint density at radius 2 is 2.16 bits per heavy atom. The largest absolute Gasteiger partial charge is 0.316 e. The van der Waals surface area contributed by atoms with Gasteiger partial charge in [0.15, 0.2) is 0 Å². The molecule has 0 aliphatic carbocycles. The highest BCUT2D eigenvalue weighted by molar-refractivity contribution is 8.07. The van der Waals surface area contributed by atoms with Gasteiger partial charge in [0.25, 0.3) is 0 Å². The quantitative estimate of drug-likeness (QED) is 0.905. The molecule has 1 aliphatic rings. The molecule has 3 unspecified atom stereocenters. The third kappa shape index (κ3) is 3.81. The fourth-order valence-corrected chi connectivity index (χ4v) is 5.61. The average molecular weight is 320 g/mol. The minimum atomic E-state index is -0.273. The molecule has 1 fully saturated rings. The molecule has 1 aliphatic heterocycles. The smallest absolute Gasteiger partial charge is 0.145 e. The van der Waals surface area contributed by atoms with Gasteiger partial charge in [-0.3, -0.25) is 0 Å². The summed E-state index contributed by atoms with van der Waals surface area (Å²) in [4.78, 5) is 0. The lowest BCUT2D eigenvalue weighted by Crippen LogP contribution is -2.44. The second kappa shape index (κ2) is 7.21. The van der Waals surface area contributed by atoms with Crippen LogP contribution in [0.15, 0.2) is 18.2 Å². The van der Waals surface area contributed by atoms with Crippen LogP contribution in [0.1, 0.15) is 12.5 Å². The zero-order valence-electron chi connectivity index (χ0n) is 11.2. The van der Waals surface area contributed by atoms with Gasteiger partial charge in [0.2, 0.25) is 0 Å². The van der Waals surface area contributed by atoms with Crippen LogP contribution in [0.4, 0.5) is 4.39 Å². The summed E-state index contributed by atoms with van der Waals surface area (Å²) >= 11 is 9.85. The average Bonchev–Trinajstić information content (AvgIpc) is 2.41. The number of likely N-dealkylation sites (N-methyl/N-ethyl adjacent to an activating group) is 1. The zero-order chi connectivity index (χ0) is 13.8. The van der Waals surface area contributed by atoms with Crippen LogP contribution in [-0.2, 0) is 6.42 Å². The van der Waals surface area contributed by atoms with Crippen LogP contribution in [0.25, 0.3) is 0 Å². The van der Waals surface area contributed by atoms with Crippen LogP contribution < -0.4 is 5.32 Å². The Morgan fingerprint density at radius 3 is 2.84 bits per heavy atom. The van der Waals surface area contributed by atoms with E-state index in [9.17, 15) is 4.39 Å². The lowest BCUT2D eigenvalue weighted by Gasteiger charge is -2.34. The van der Waals surface area contributed by atoms with Gasteiger partial charge in [0.05, 0.1) is 5.02 Å². The first-order valence-electron chi connectivity index (χ1n) is 6.47. The Kier molecular flexibility index (Phi) is 5.87. The summed E-state index contributed by atoms with van der Waals surface area (Å²) in [6.07, 6.45) is 0.686. The topological polar surface area (TPSA) is 12.0 Å². The fraction of sp³-hybridized carbons (Fsp3) is 0.571. The van der Waals surface area contributed by atoms with Crippen molar-refractivity contribution in [2.75, 3.05) is 18.6 Å². The molecule has 1 N–H and O–H groups in total. The van der Waals surface area contributed by atoms with E-state index >= 15 is 0 Å². The first kappa shape index (κ1) is 15.5. The Bertz CT molecular complexity index is 430. The van der Waals surface area contributed by atoms with Crippen molar-refractivity contribution in [3.05, 3.63) is 34.6 Å². The summed E-state index contributed by atoms with van der Waals surface area (Å²) in [6, 6.07) is 5.53. The minimum absolute atomic E-state index is 0.214. The molecule has 5 heteroatoms. The van der Waals surface area contributed by atoms with E-state index in [4.69, 9.17) is 11.6 Å². The Morgan fingerprint density at radius 1 is 1.42 bits per heavy atom. The van der Waals surface area contributed by atoms with Gasteiger partial charge in [0.1, 0.15) is 5.82 Å². The van der Waals surface area contributed by atoms with E-state index in [2.05, 4.69) is 12.2 Å². The third-order valence-electron chi connectivity index (χ3n) is 3.48. The monoisotopic (exact) mass is 319 g/mol. The van der Waals surface area contributed by atoms with Gasteiger partial charge >= 0.3 is 0 Å². The lowest BCUT2D eigenvalue weighted by atomic mass is 10.0. The molecule has 0 amide bonds. The predicted molar refractivity (Wildman–Crippen MR) is 86.1 cm³/mol. The van der Waals surface area contributed by atoms with Gasteiger partial charge < -0.3 is 5.32 Å².